The predicted molar refractivity (Wildman–Crippen MR) is 83.6 cm³/mol. The fraction of sp³-hybridized carbons (Fsp3) is 0.625. The molecule has 1 aromatic rings. The molecule has 2 nitrogen and oxygen atoms in total. The maximum atomic E-state index is 6.32. The molecule has 2 bridgehead atoms. The fourth-order valence-corrected chi connectivity index (χ4v) is 4.24. The summed E-state index contributed by atoms with van der Waals surface area (Å²) in [4.78, 5) is 0. The molecule has 20 heavy (non-hydrogen) atoms. The van der Waals surface area contributed by atoms with E-state index in [1.54, 1.807) is 0 Å². The van der Waals surface area contributed by atoms with Crippen molar-refractivity contribution in [1.82, 2.24) is 5.32 Å². The molecule has 4 atom stereocenters. The summed E-state index contributed by atoms with van der Waals surface area (Å²) in [5.74, 6) is 0.584. The van der Waals surface area contributed by atoms with Gasteiger partial charge in [-0.3, -0.25) is 0 Å². The van der Waals surface area contributed by atoms with Gasteiger partial charge >= 0.3 is 0 Å². The molecule has 4 unspecified atom stereocenters. The van der Waals surface area contributed by atoms with Crippen molar-refractivity contribution in [3.05, 3.63) is 33.8 Å². The zero-order valence-electron chi connectivity index (χ0n) is 11.7. The second kappa shape index (κ2) is 6.23. The number of fused-ring (bicyclic) bond motifs is 2. The Morgan fingerprint density at radius 2 is 2.05 bits per heavy atom. The molecule has 2 saturated heterocycles. The summed E-state index contributed by atoms with van der Waals surface area (Å²) in [7, 11) is 0. The number of benzene rings is 1. The Morgan fingerprint density at radius 3 is 2.60 bits per heavy atom. The van der Waals surface area contributed by atoms with E-state index in [2.05, 4.69) is 12.2 Å². The number of halogens is 2. The summed E-state index contributed by atoms with van der Waals surface area (Å²) < 4.78 is 6.00. The van der Waals surface area contributed by atoms with Crippen molar-refractivity contribution in [3.63, 3.8) is 0 Å². The van der Waals surface area contributed by atoms with Crippen molar-refractivity contribution >= 4 is 23.2 Å². The van der Waals surface area contributed by atoms with Crippen LogP contribution >= 0.6 is 23.2 Å². The molecular formula is C16H21Cl2NO. The number of likely N-dealkylation sites (N-methyl/N-ethyl adjacent to an activating group) is 1. The number of nitrogens with one attached hydrogen (secondary N) is 1. The molecule has 0 aromatic heterocycles. The summed E-state index contributed by atoms with van der Waals surface area (Å²) in [6, 6.07) is 6.14. The Kier molecular flexibility index (Phi) is 4.56. The minimum absolute atomic E-state index is 0.396. The summed E-state index contributed by atoms with van der Waals surface area (Å²) in [5.41, 5.74) is 1.06. The zero-order valence-corrected chi connectivity index (χ0v) is 13.3. The van der Waals surface area contributed by atoms with Crippen LogP contribution in [0.15, 0.2) is 18.2 Å². The molecule has 1 aromatic carbocycles. The molecule has 0 amide bonds. The average molecular weight is 314 g/mol. The van der Waals surface area contributed by atoms with E-state index in [0.717, 1.165) is 28.6 Å². The van der Waals surface area contributed by atoms with E-state index in [0.29, 0.717) is 24.2 Å². The number of hydrogen-bond donors (Lipinski definition) is 1. The molecule has 0 saturated carbocycles. The minimum atomic E-state index is 0.396. The monoisotopic (exact) mass is 313 g/mol. The van der Waals surface area contributed by atoms with Gasteiger partial charge in [-0.15, -0.1) is 0 Å². The lowest BCUT2D eigenvalue weighted by Gasteiger charge is -2.29. The highest BCUT2D eigenvalue weighted by Crippen LogP contribution is 2.41. The first-order valence-electron chi connectivity index (χ1n) is 7.50. The van der Waals surface area contributed by atoms with Gasteiger partial charge in [-0.25, -0.2) is 0 Å². The summed E-state index contributed by atoms with van der Waals surface area (Å²) >= 11 is 12.6. The number of rotatable bonds is 5. The third kappa shape index (κ3) is 2.85. The summed E-state index contributed by atoms with van der Waals surface area (Å²) in [5, 5.41) is 5.15. The van der Waals surface area contributed by atoms with Gasteiger partial charge in [-0.2, -0.15) is 0 Å². The Bertz CT molecular complexity index is 459. The second-order valence-electron chi connectivity index (χ2n) is 5.84. The number of ether oxygens (including phenoxy) is 1. The van der Waals surface area contributed by atoms with Crippen LogP contribution in [0.4, 0.5) is 0 Å². The molecule has 0 radical (unpaired) electrons. The lowest BCUT2D eigenvalue weighted by Crippen LogP contribution is -2.42. The highest BCUT2D eigenvalue weighted by molar-refractivity contribution is 6.36. The van der Waals surface area contributed by atoms with Gasteiger partial charge < -0.3 is 10.1 Å². The molecule has 1 N–H and O–H groups in total. The van der Waals surface area contributed by atoms with Crippen molar-refractivity contribution < 1.29 is 4.74 Å². The van der Waals surface area contributed by atoms with Gasteiger partial charge in [0, 0.05) is 22.0 Å². The molecule has 0 spiro atoms. The van der Waals surface area contributed by atoms with E-state index < -0.39 is 0 Å². The van der Waals surface area contributed by atoms with Gasteiger partial charge in [0.15, 0.2) is 0 Å². The normalized spacial score (nSPS) is 29.9. The molecule has 2 heterocycles. The maximum absolute atomic E-state index is 6.32. The lowest BCUT2D eigenvalue weighted by molar-refractivity contribution is 0.0858. The van der Waals surface area contributed by atoms with Crippen LogP contribution in [0.25, 0.3) is 0 Å². The second-order valence-corrected chi connectivity index (χ2v) is 6.66. The van der Waals surface area contributed by atoms with E-state index in [9.17, 15) is 0 Å². The van der Waals surface area contributed by atoms with E-state index in [1.807, 2.05) is 18.2 Å². The predicted octanol–water partition coefficient (Wildman–Crippen LogP) is 4.08. The molecule has 110 valence electrons. The van der Waals surface area contributed by atoms with Gasteiger partial charge in [0.2, 0.25) is 0 Å². The van der Waals surface area contributed by atoms with Crippen molar-refractivity contribution in [1.29, 1.82) is 0 Å². The molecule has 4 heteroatoms. The minimum Gasteiger partial charge on any atom is -0.375 e. The van der Waals surface area contributed by atoms with Crippen LogP contribution in [0.1, 0.15) is 31.7 Å². The topological polar surface area (TPSA) is 21.3 Å². The van der Waals surface area contributed by atoms with Crippen LogP contribution in [-0.2, 0) is 11.2 Å². The fourth-order valence-electron chi connectivity index (χ4n) is 3.68. The average Bonchev–Trinajstić information content (AvgIpc) is 3.04. The highest BCUT2D eigenvalue weighted by atomic mass is 35.5. The smallest absolute Gasteiger partial charge is 0.0623 e. The standard InChI is InChI=1S/C16H21Cl2NO/c1-2-19-15(12-8-10-6-7-16(12)20-10)9-11-13(17)4-3-5-14(11)18/h3-5,10,12,15-16,19H,2,6-9H2,1H3. The van der Waals surface area contributed by atoms with Crippen LogP contribution in [-0.4, -0.2) is 24.8 Å². The van der Waals surface area contributed by atoms with Crippen LogP contribution in [0, 0.1) is 5.92 Å². The first-order valence-corrected chi connectivity index (χ1v) is 8.26. The van der Waals surface area contributed by atoms with Gasteiger partial charge in [-0.1, -0.05) is 36.2 Å². The van der Waals surface area contributed by atoms with Crippen LogP contribution in [0.2, 0.25) is 10.0 Å². The van der Waals surface area contributed by atoms with E-state index in [4.69, 9.17) is 27.9 Å². The molecule has 3 rings (SSSR count). The van der Waals surface area contributed by atoms with Crippen LogP contribution in [0.5, 0.6) is 0 Å². The van der Waals surface area contributed by atoms with Gasteiger partial charge in [0.1, 0.15) is 0 Å². The van der Waals surface area contributed by atoms with E-state index >= 15 is 0 Å². The van der Waals surface area contributed by atoms with Crippen molar-refractivity contribution in [2.24, 2.45) is 5.92 Å². The van der Waals surface area contributed by atoms with Gasteiger partial charge in [0.25, 0.3) is 0 Å². The van der Waals surface area contributed by atoms with Crippen LogP contribution in [0.3, 0.4) is 0 Å². The quantitative estimate of drug-likeness (QED) is 0.884. The zero-order chi connectivity index (χ0) is 14.1. The molecule has 0 aliphatic carbocycles. The third-order valence-corrected chi connectivity index (χ3v) is 5.33. The molecular weight excluding hydrogens is 293 g/mol. The highest BCUT2D eigenvalue weighted by Gasteiger charge is 2.44. The Hall–Kier alpha value is -0.280. The summed E-state index contributed by atoms with van der Waals surface area (Å²) in [6.45, 7) is 3.11. The van der Waals surface area contributed by atoms with Crippen molar-refractivity contribution in [2.75, 3.05) is 6.54 Å². The lowest BCUT2D eigenvalue weighted by atomic mass is 9.81. The van der Waals surface area contributed by atoms with Gasteiger partial charge in [-0.05, 0) is 49.9 Å². The first kappa shape index (κ1) is 14.6. The van der Waals surface area contributed by atoms with Gasteiger partial charge in [0.05, 0.1) is 12.2 Å². The maximum Gasteiger partial charge on any atom is 0.0623 e. The van der Waals surface area contributed by atoms with Crippen molar-refractivity contribution in [3.8, 4) is 0 Å². The van der Waals surface area contributed by atoms with E-state index in [1.165, 1.54) is 19.3 Å². The first-order chi connectivity index (χ1) is 9.69. The van der Waals surface area contributed by atoms with Crippen LogP contribution < -0.4 is 5.32 Å². The molecule has 2 aliphatic rings. The SMILES string of the molecule is CCNC(Cc1c(Cl)cccc1Cl)C1CC2CCC1O2. The van der Waals surface area contributed by atoms with Crippen molar-refractivity contribution in [2.45, 2.75) is 50.9 Å². The Labute approximate surface area is 130 Å². The number of hydrogen-bond acceptors (Lipinski definition) is 2. The summed E-state index contributed by atoms with van der Waals surface area (Å²) in [6.07, 6.45) is 5.38. The van der Waals surface area contributed by atoms with E-state index in [-0.39, 0.29) is 0 Å². The Morgan fingerprint density at radius 1 is 1.30 bits per heavy atom. The Balaban J connectivity index is 1.77. The third-order valence-electron chi connectivity index (χ3n) is 4.62. The largest absolute Gasteiger partial charge is 0.375 e. The molecule has 2 aliphatic heterocycles. The molecule has 2 fully saturated rings.